The summed E-state index contributed by atoms with van der Waals surface area (Å²) < 4.78 is 5.57. The fourth-order valence-electron chi connectivity index (χ4n) is 5.86. The highest BCUT2D eigenvalue weighted by Gasteiger charge is 2.34. The maximum absolute atomic E-state index is 14.5. The van der Waals surface area contributed by atoms with Crippen molar-refractivity contribution in [1.82, 2.24) is 19.8 Å². The van der Waals surface area contributed by atoms with Crippen molar-refractivity contribution in [3.63, 3.8) is 0 Å². The van der Waals surface area contributed by atoms with Gasteiger partial charge in [0.15, 0.2) is 5.89 Å². The molecule has 0 saturated carbocycles. The molecule has 0 fully saturated rings. The molecule has 1 unspecified atom stereocenters. The second kappa shape index (κ2) is 13.6. The first-order valence-electron chi connectivity index (χ1n) is 15.3. The zero-order chi connectivity index (χ0) is 31.2. The first-order valence-corrected chi connectivity index (χ1v) is 15.3. The number of rotatable bonds is 9. The molecule has 0 N–H and O–H groups in total. The molecule has 3 heterocycles. The monoisotopic (exact) mass is 596 g/mol. The van der Waals surface area contributed by atoms with Crippen LogP contribution >= 0.6 is 0 Å². The molecule has 45 heavy (non-hydrogen) atoms. The zero-order valence-corrected chi connectivity index (χ0v) is 25.6. The van der Waals surface area contributed by atoms with Gasteiger partial charge in [0.25, 0.3) is 0 Å². The summed E-state index contributed by atoms with van der Waals surface area (Å²) in [5.74, 6) is 0.841. The van der Waals surface area contributed by atoms with E-state index < -0.39 is 6.04 Å². The number of fused-ring (bicyclic) bond motifs is 1. The van der Waals surface area contributed by atoms with Crippen molar-refractivity contribution in [3.05, 3.63) is 149 Å². The SMILES string of the molecule is Cc1nc(C=CC(=O)N(Cc2ccc(-c3ccccn3)cc2)C(Cc2ccccc2)C(=O)N2CCc3ccccc3C2)c(C)o1. The van der Waals surface area contributed by atoms with E-state index in [2.05, 4.69) is 22.1 Å². The number of amides is 2. The number of carbonyl (C=O) groups excluding carboxylic acids is 2. The van der Waals surface area contributed by atoms with Gasteiger partial charge in [-0.05, 0) is 53.8 Å². The Balaban J connectivity index is 1.35. The zero-order valence-electron chi connectivity index (χ0n) is 25.6. The van der Waals surface area contributed by atoms with Crippen LogP contribution in [0.1, 0.15) is 39.6 Å². The van der Waals surface area contributed by atoms with Crippen LogP contribution in [0.2, 0.25) is 0 Å². The number of aryl methyl sites for hydroxylation is 2. The maximum Gasteiger partial charge on any atom is 0.247 e. The van der Waals surface area contributed by atoms with Crippen LogP contribution in [0.3, 0.4) is 0 Å². The molecule has 1 aliphatic heterocycles. The van der Waals surface area contributed by atoms with E-state index in [1.54, 1.807) is 24.1 Å². The Bertz CT molecular complexity index is 1800. The number of nitrogens with zero attached hydrogens (tertiary/aromatic N) is 4. The van der Waals surface area contributed by atoms with E-state index in [1.165, 1.54) is 11.6 Å². The molecule has 1 aliphatic rings. The Kier molecular flexibility index (Phi) is 8.96. The van der Waals surface area contributed by atoms with Gasteiger partial charge >= 0.3 is 0 Å². The lowest BCUT2D eigenvalue weighted by atomic mass is 9.97. The van der Waals surface area contributed by atoms with Gasteiger partial charge in [0.2, 0.25) is 11.8 Å². The smallest absolute Gasteiger partial charge is 0.247 e. The van der Waals surface area contributed by atoms with E-state index in [9.17, 15) is 9.59 Å². The minimum atomic E-state index is -0.717. The van der Waals surface area contributed by atoms with Gasteiger partial charge in [-0.3, -0.25) is 14.6 Å². The summed E-state index contributed by atoms with van der Waals surface area (Å²) in [6.07, 6.45) is 6.13. The summed E-state index contributed by atoms with van der Waals surface area (Å²) in [5, 5.41) is 0. The van der Waals surface area contributed by atoms with Crippen LogP contribution in [0.15, 0.2) is 114 Å². The fourth-order valence-corrected chi connectivity index (χ4v) is 5.86. The van der Waals surface area contributed by atoms with Gasteiger partial charge in [-0.2, -0.15) is 0 Å². The first kappa shape index (κ1) is 29.8. The third-order valence-electron chi connectivity index (χ3n) is 8.25. The molecule has 2 amide bonds. The van der Waals surface area contributed by atoms with Crippen LogP contribution in [-0.4, -0.2) is 44.2 Å². The first-order chi connectivity index (χ1) is 21.9. The maximum atomic E-state index is 14.5. The molecular weight excluding hydrogens is 560 g/mol. The van der Waals surface area contributed by atoms with E-state index in [-0.39, 0.29) is 18.4 Å². The van der Waals surface area contributed by atoms with E-state index >= 15 is 0 Å². The summed E-state index contributed by atoms with van der Waals surface area (Å²) in [4.78, 5) is 41.1. The molecule has 1 atom stereocenters. The van der Waals surface area contributed by atoms with Crippen LogP contribution in [0.4, 0.5) is 0 Å². The molecular formula is C38H36N4O3. The number of pyridine rings is 1. The Morgan fingerprint density at radius 3 is 2.33 bits per heavy atom. The van der Waals surface area contributed by atoms with Gasteiger partial charge in [-0.1, -0.05) is 84.9 Å². The van der Waals surface area contributed by atoms with Crippen molar-refractivity contribution in [1.29, 1.82) is 0 Å². The van der Waals surface area contributed by atoms with Gasteiger partial charge in [0.1, 0.15) is 17.5 Å². The second-order valence-corrected chi connectivity index (χ2v) is 11.4. The number of aromatic nitrogens is 2. The third-order valence-corrected chi connectivity index (χ3v) is 8.25. The van der Waals surface area contributed by atoms with E-state index in [4.69, 9.17) is 4.42 Å². The molecule has 226 valence electrons. The van der Waals surface area contributed by atoms with Gasteiger partial charge < -0.3 is 14.2 Å². The lowest BCUT2D eigenvalue weighted by Crippen LogP contribution is -2.52. The average Bonchev–Trinajstić information content (AvgIpc) is 3.41. The Labute approximate surface area is 263 Å². The molecule has 5 aromatic rings. The molecule has 2 aromatic heterocycles. The molecule has 0 saturated heterocycles. The quantitative estimate of drug-likeness (QED) is 0.179. The summed E-state index contributed by atoms with van der Waals surface area (Å²) in [5.41, 5.74) is 6.78. The third kappa shape index (κ3) is 7.10. The van der Waals surface area contributed by atoms with Crippen LogP contribution in [0.5, 0.6) is 0 Å². The molecule has 7 heteroatoms. The standard InChI is InChI=1S/C38H36N4O3/c1-27-34(40-28(2)45-27)19-20-37(43)42(25-30-15-17-32(18-16-30)35-14-8-9-22-39-35)36(24-29-10-4-3-5-11-29)38(44)41-23-21-31-12-6-7-13-33(31)26-41/h3-20,22,36H,21,23-26H2,1-2H3. The van der Waals surface area contributed by atoms with Gasteiger partial charge in [-0.15, -0.1) is 0 Å². The normalized spacial score (nSPS) is 13.4. The average molecular weight is 597 g/mol. The summed E-state index contributed by atoms with van der Waals surface area (Å²) in [6, 6.07) is 31.3. The lowest BCUT2D eigenvalue weighted by Gasteiger charge is -2.37. The Hall–Kier alpha value is -5.30. The van der Waals surface area contributed by atoms with Crippen LogP contribution in [0, 0.1) is 13.8 Å². The number of benzene rings is 3. The van der Waals surface area contributed by atoms with Crippen LogP contribution in [-0.2, 0) is 35.5 Å². The molecule has 0 aliphatic carbocycles. The predicted molar refractivity (Wildman–Crippen MR) is 175 cm³/mol. The number of oxazole rings is 1. The minimum absolute atomic E-state index is 0.0614. The van der Waals surface area contributed by atoms with E-state index in [1.807, 2.05) is 96.8 Å². The van der Waals surface area contributed by atoms with E-state index in [0.717, 1.165) is 34.4 Å². The minimum Gasteiger partial charge on any atom is -0.446 e. The van der Waals surface area contributed by atoms with Gasteiger partial charge in [0, 0.05) is 50.8 Å². The molecule has 0 bridgehead atoms. The summed E-state index contributed by atoms with van der Waals surface area (Å²) >= 11 is 0. The molecule has 3 aromatic carbocycles. The predicted octanol–water partition coefficient (Wildman–Crippen LogP) is 6.59. The van der Waals surface area contributed by atoms with E-state index in [0.29, 0.717) is 36.9 Å². The highest BCUT2D eigenvalue weighted by atomic mass is 16.4. The van der Waals surface area contributed by atoms with Gasteiger partial charge in [-0.25, -0.2) is 4.98 Å². The van der Waals surface area contributed by atoms with Gasteiger partial charge in [0.05, 0.1) is 5.69 Å². The summed E-state index contributed by atoms with van der Waals surface area (Å²) in [7, 11) is 0. The topological polar surface area (TPSA) is 79.5 Å². The van der Waals surface area contributed by atoms with Crippen molar-refractivity contribution in [2.75, 3.05) is 6.54 Å². The molecule has 0 radical (unpaired) electrons. The second-order valence-electron chi connectivity index (χ2n) is 11.4. The molecule has 6 rings (SSSR count). The highest BCUT2D eigenvalue weighted by Crippen LogP contribution is 2.24. The van der Waals surface area contributed by atoms with Crippen molar-refractivity contribution >= 4 is 17.9 Å². The van der Waals surface area contributed by atoms with Crippen LogP contribution < -0.4 is 0 Å². The molecule has 7 nitrogen and oxygen atoms in total. The van der Waals surface area contributed by atoms with Crippen molar-refractivity contribution in [2.45, 2.75) is 45.8 Å². The number of carbonyl (C=O) groups is 2. The Morgan fingerprint density at radius 2 is 1.62 bits per heavy atom. The number of hydrogen-bond donors (Lipinski definition) is 0. The Morgan fingerprint density at radius 1 is 0.889 bits per heavy atom. The van der Waals surface area contributed by atoms with Crippen molar-refractivity contribution in [2.24, 2.45) is 0 Å². The fraction of sp³-hybridized carbons (Fsp3) is 0.211. The van der Waals surface area contributed by atoms with Crippen molar-refractivity contribution in [3.8, 4) is 11.3 Å². The highest BCUT2D eigenvalue weighted by molar-refractivity contribution is 5.95. The molecule has 0 spiro atoms. The summed E-state index contributed by atoms with van der Waals surface area (Å²) in [6.45, 7) is 4.99. The lowest BCUT2D eigenvalue weighted by molar-refractivity contribution is -0.144. The van der Waals surface area contributed by atoms with Crippen LogP contribution in [0.25, 0.3) is 17.3 Å². The van der Waals surface area contributed by atoms with Crippen molar-refractivity contribution < 1.29 is 14.0 Å². The number of hydrogen-bond acceptors (Lipinski definition) is 5. The largest absolute Gasteiger partial charge is 0.446 e.